The Hall–Kier alpha value is -2.79. The zero-order valence-electron chi connectivity index (χ0n) is 17.1. The predicted molar refractivity (Wildman–Crippen MR) is 95.9 cm³/mol. The fourth-order valence-electron chi connectivity index (χ4n) is 2.64. The zero-order valence-corrected chi connectivity index (χ0v) is 19.3. The highest BCUT2D eigenvalue weighted by molar-refractivity contribution is 7.24. The van der Waals surface area contributed by atoms with E-state index in [9.17, 15) is 28.8 Å². The van der Waals surface area contributed by atoms with Crippen LogP contribution in [0.25, 0.3) is 0 Å². The van der Waals surface area contributed by atoms with Gasteiger partial charge >= 0.3 is 34.8 Å². The van der Waals surface area contributed by atoms with Crippen LogP contribution in [0.15, 0.2) is 0 Å². The number of hydrogen-bond donors (Lipinski definition) is 0. The van der Waals surface area contributed by atoms with Gasteiger partial charge in [0.05, 0.1) is 0 Å². The lowest BCUT2D eigenvalue weighted by Crippen LogP contribution is -2.78. The molecule has 0 spiro atoms. The van der Waals surface area contributed by atoms with Gasteiger partial charge in [-0.3, -0.25) is 28.8 Å². The van der Waals surface area contributed by atoms with E-state index in [1.807, 2.05) is 0 Å². The first-order valence-electron chi connectivity index (χ1n) is 8.52. The summed E-state index contributed by atoms with van der Waals surface area (Å²) in [4.78, 5) is 70.4. The molecular formula is C15H22O13Si2. The molecule has 1 heterocycles. The highest BCUT2D eigenvalue weighted by Crippen LogP contribution is 2.34. The van der Waals surface area contributed by atoms with Gasteiger partial charge in [0.15, 0.2) is 0 Å². The van der Waals surface area contributed by atoms with Gasteiger partial charge in [0.25, 0.3) is 17.9 Å². The Bertz CT molecular complexity index is 706. The molecule has 0 aliphatic carbocycles. The molecule has 1 aliphatic heterocycles. The van der Waals surface area contributed by atoms with Gasteiger partial charge in [-0.15, -0.1) is 0 Å². The smallest absolute Gasteiger partial charge is 0.493 e. The molecule has 0 radical (unpaired) electrons. The average Bonchev–Trinajstić information content (AvgIpc) is 2.52. The van der Waals surface area contributed by atoms with Crippen molar-refractivity contribution in [3.8, 4) is 0 Å². The minimum atomic E-state index is -4.55. The maximum Gasteiger partial charge on any atom is 0.561 e. The topological polar surface area (TPSA) is 167 Å². The molecule has 1 rings (SSSR count). The van der Waals surface area contributed by atoms with Gasteiger partial charge in [0.2, 0.25) is 18.1 Å². The maximum absolute atomic E-state index is 11.9. The van der Waals surface area contributed by atoms with Crippen molar-refractivity contribution in [2.75, 3.05) is 0 Å². The summed E-state index contributed by atoms with van der Waals surface area (Å²) in [6, 6.07) is 0. The van der Waals surface area contributed by atoms with Gasteiger partial charge in [-0.1, -0.05) is 0 Å². The Kier molecular flexibility index (Phi) is 8.67. The van der Waals surface area contributed by atoms with E-state index in [0.29, 0.717) is 0 Å². The summed E-state index contributed by atoms with van der Waals surface area (Å²) in [6.45, 7) is 5.98. The summed E-state index contributed by atoms with van der Waals surface area (Å²) in [6.07, 6.45) is -3.38. The van der Waals surface area contributed by atoms with Crippen molar-refractivity contribution in [2.45, 2.75) is 59.7 Å². The molecule has 0 saturated carbocycles. The Balaban J connectivity index is 3.73. The molecule has 15 heteroatoms. The first-order chi connectivity index (χ1) is 13.8. The van der Waals surface area contributed by atoms with E-state index < -0.39 is 70.8 Å². The predicted octanol–water partition coefficient (Wildman–Crippen LogP) is -1.26. The third kappa shape index (κ3) is 6.63. The van der Waals surface area contributed by atoms with Crippen LogP contribution >= 0.6 is 0 Å². The fraction of sp³-hybridized carbons (Fsp3) is 0.600. The van der Waals surface area contributed by atoms with Crippen LogP contribution in [0, 0.1) is 0 Å². The second kappa shape index (κ2) is 10.3. The standard InChI is InChI=1S/C15H22O13Si2/c1-7(16)22-13-14(23-8(2)17)26-29(25-10(4)19)30(27-11(5)20,28-12(6)21)15(13)24-9(3)18/h13-15,29H,1-6H3. The Morgan fingerprint density at radius 3 is 1.50 bits per heavy atom. The second-order valence-corrected chi connectivity index (χ2v) is 13.5. The van der Waals surface area contributed by atoms with E-state index in [0.717, 1.165) is 41.5 Å². The summed E-state index contributed by atoms with van der Waals surface area (Å²) >= 11 is 0. The molecule has 0 N–H and O–H groups in total. The van der Waals surface area contributed by atoms with Crippen molar-refractivity contribution >= 4 is 52.7 Å². The van der Waals surface area contributed by atoms with E-state index in [2.05, 4.69) is 0 Å². The molecule has 0 bridgehead atoms. The lowest BCUT2D eigenvalue weighted by molar-refractivity contribution is -0.213. The average molecular weight is 467 g/mol. The third-order valence-corrected chi connectivity index (χ3v) is 11.9. The molecule has 1 aliphatic rings. The zero-order chi connectivity index (χ0) is 23.2. The van der Waals surface area contributed by atoms with E-state index in [-0.39, 0.29) is 0 Å². The molecule has 0 aromatic heterocycles. The van der Waals surface area contributed by atoms with E-state index in [4.69, 9.17) is 31.9 Å². The Morgan fingerprint density at radius 1 is 0.667 bits per heavy atom. The van der Waals surface area contributed by atoms with E-state index in [1.54, 1.807) is 0 Å². The van der Waals surface area contributed by atoms with Crippen molar-refractivity contribution in [2.24, 2.45) is 0 Å². The molecule has 0 amide bonds. The molecular weight excluding hydrogens is 444 g/mol. The summed E-state index contributed by atoms with van der Waals surface area (Å²) in [5.41, 5.74) is -1.75. The SMILES string of the molecule is CC(=O)OC1O[SiH](OC(C)=O)[Si](OC(C)=O)(OC(C)=O)C(OC(C)=O)C1OC(C)=O. The fourth-order valence-corrected chi connectivity index (χ4v) is 11.6. The van der Waals surface area contributed by atoms with Crippen LogP contribution in [0.2, 0.25) is 0 Å². The van der Waals surface area contributed by atoms with Gasteiger partial charge < -0.3 is 31.9 Å². The monoisotopic (exact) mass is 466 g/mol. The third-order valence-electron chi connectivity index (χ3n) is 3.31. The van der Waals surface area contributed by atoms with Crippen molar-refractivity contribution in [3.63, 3.8) is 0 Å². The summed E-state index contributed by atoms with van der Waals surface area (Å²) in [5, 5.41) is 0. The van der Waals surface area contributed by atoms with Crippen LogP contribution in [0.4, 0.5) is 0 Å². The second-order valence-electron chi connectivity index (χ2n) is 6.07. The molecule has 30 heavy (non-hydrogen) atoms. The summed E-state index contributed by atoms with van der Waals surface area (Å²) in [5.74, 6) is -5.55. The van der Waals surface area contributed by atoms with Crippen molar-refractivity contribution in [1.82, 2.24) is 0 Å². The Morgan fingerprint density at radius 2 is 1.13 bits per heavy atom. The van der Waals surface area contributed by atoms with Gasteiger partial charge in [0.1, 0.15) is 0 Å². The van der Waals surface area contributed by atoms with Gasteiger partial charge in [-0.05, 0) is 0 Å². The van der Waals surface area contributed by atoms with Crippen molar-refractivity contribution in [3.05, 3.63) is 0 Å². The number of rotatable bonds is 6. The molecule has 168 valence electrons. The number of ether oxygens (including phenoxy) is 3. The van der Waals surface area contributed by atoms with Crippen LogP contribution in [0.1, 0.15) is 41.5 Å². The maximum atomic E-state index is 11.9. The number of hydrogen-bond acceptors (Lipinski definition) is 13. The first kappa shape index (κ1) is 25.3. The summed E-state index contributed by atoms with van der Waals surface area (Å²) < 4.78 is 36.6. The molecule has 0 aromatic carbocycles. The van der Waals surface area contributed by atoms with Gasteiger partial charge in [-0.25, -0.2) is 0 Å². The molecule has 1 fully saturated rings. The quantitative estimate of drug-likeness (QED) is 0.259. The number of esters is 3. The van der Waals surface area contributed by atoms with Crippen LogP contribution in [0.3, 0.4) is 0 Å². The van der Waals surface area contributed by atoms with Crippen LogP contribution in [-0.4, -0.2) is 70.8 Å². The lowest BCUT2D eigenvalue weighted by atomic mass is 10.3. The van der Waals surface area contributed by atoms with Crippen LogP contribution in [0.5, 0.6) is 0 Å². The van der Waals surface area contributed by atoms with Crippen molar-refractivity contribution in [1.29, 1.82) is 0 Å². The van der Waals surface area contributed by atoms with Gasteiger partial charge in [-0.2, -0.15) is 0 Å². The molecule has 1 saturated heterocycles. The molecule has 0 aromatic rings. The minimum Gasteiger partial charge on any atom is -0.493 e. The molecule has 4 atom stereocenters. The highest BCUT2D eigenvalue weighted by Gasteiger charge is 2.75. The largest absolute Gasteiger partial charge is 0.561 e. The van der Waals surface area contributed by atoms with E-state index >= 15 is 0 Å². The van der Waals surface area contributed by atoms with Crippen molar-refractivity contribution < 1.29 is 60.7 Å². The lowest BCUT2D eigenvalue weighted by Gasteiger charge is -2.45. The Labute approximate surface area is 173 Å². The number of carbonyl (C=O) groups excluding carboxylic acids is 6. The normalized spacial score (nSPS) is 24.6. The molecule has 4 unspecified atom stereocenters. The summed E-state index contributed by atoms with van der Waals surface area (Å²) in [7, 11) is -8.26. The van der Waals surface area contributed by atoms with Crippen LogP contribution < -0.4 is 0 Å². The molecule has 13 nitrogen and oxygen atoms in total. The minimum absolute atomic E-state index is 0.872. The first-order valence-corrected chi connectivity index (χ1v) is 13.2. The number of carbonyl (C=O) groups is 6. The van der Waals surface area contributed by atoms with Crippen LogP contribution in [-0.2, 0) is 60.7 Å². The highest BCUT2D eigenvalue weighted by atomic mass is 29.3. The van der Waals surface area contributed by atoms with Gasteiger partial charge in [0, 0.05) is 41.5 Å². The van der Waals surface area contributed by atoms with E-state index in [1.165, 1.54) is 0 Å².